The van der Waals surface area contributed by atoms with Crippen molar-refractivity contribution in [3.8, 4) is 0 Å². The molecule has 0 bridgehead atoms. The molecule has 3 atom stereocenters. The smallest absolute Gasteiger partial charge is 0.0826 e. The fraction of sp³-hybridized carbons (Fsp3) is 1.00. The molecule has 0 aromatic rings. The van der Waals surface area contributed by atoms with E-state index in [1.165, 1.54) is 0 Å². The van der Waals surface area contributed by atoms with Crippen LogP contribution in [0, 0.1) is 0 Å². The molecule has 0 aliphatic carbocycles. The van der Waals surface area contributed by atoms with Crippen LogP contribution in [-0.2, 0) is 9.47 Å². The molecule has 0 saturated carbocycles. The van der Waals surface area contributed by atoms with Crippen molar-refractivity contribution in [2.24, 2.45) is 0 Å². The molecule has 2 heterocycles. The van der Waals surface area contributed by atoms with Crippen molar-refractivity contribution in [1.82, 2.24) is 10.2 Å². The summed E-state index contributed by atoms with van der Waals surface area (Å²) in [6, 6.07) is 0.515. The lowest BCUT2D eigenvalue weighted by Crippen LogP contribution is -2.47. The van der Waals surface area contributed by atoms with Crippen molar-refractivity contribution >= 4 is 0 Å². The summed E-state index contributed by atoms with van der Waals surface area (Å²) < 4.78 is 11.2. The Labute approximate surface area is 91.9 Å². The third-order valence-electron chi connectivity index (χ3n) is 3.33. The molecule has 0 aromatic carbocycles. The second-order valence-electron chi connectivity index (χ2n) is 4.63. The first-order chi connectivity index (χ1) is 7.25. The van der Waals surface area contributed by atoms with Gasteiger partial charge in [0.15, 0.2) is 0 Å². The predicted molar refractivity (Wildman–Crippen MR) is 59.1 cm³/mol. The highest BCUT2D eigenvalue weighted by atomic mass is 16.5. The number of hydrogen-bond donors (Lipinski definition) is 1. The van der Waals surface area contributed by atoms with Crippen molar-refractivity contribution < 1.29 is 9.47 Å². The van der Waals surface area contributed by atoms with Gasteiger partial charge in [-0.25, -0.2) is 0 Å². The number of nitrogens with one attached hydrogen (secondary N) is 1. The maximum Gasteiger partial charge on any atom is 0.0826 e. The standard InChI is InChI=1S/C11H22N2O2/c1-9-11(3-5-14-9)12-7-10-8-13(2)4-6-15-10/h9-12H,3-8H2,1-2H3/t9-,10-,11-/m1/s1. The maximum absolute atomic E-state index is 5.70. The van der Waals surface area contributed by atoms with Crippen LogP contribution in [0.1, 0.15) is 13.3 Å². The van der Waals surface area contributed by atoms with Crippen molar-refractivity contribution in [2.75, 3.05) is 39.9 Å². The minimum atomic E-state index is 0.344. The molecule has 2 saturated heterocycles. The fourth-order valence-corrected chi connectivity index (χ4v) is 2.27. The summed E-state index contributed by atoms with van der Waals surface area (Å²) in [6.07, 6.45) is 1.83. The second kappa shape index (κ2) is 5.25. The Morgan fingerprint density at radius 1 is 1.33 bits per heavy atom. The molecule has 0 spiro atoms. The molecule has 2 rings (SSSR count). The van der Waals surface area contributed by atoms with Crippen LogP contribution in [0.5, 0.6) is 0 Å². The Balaban J connectivity index is 1.68. The van der Waals surface area contributed by atoms with E-state index in [0.29, 0.717) is 18.2 Å². The maximum atomic E-state index is 5.70. The van der Waals surface area contributed by atoms with Crippen LogP contribution in [0.15, 0.2) is 0 Å². The Morgan fingerprint density at radius 2 is 2.20 bits per heavy atom. The van der Waals surface area contributed by atoms with Gasteiger partial charge >= 0.3 is 0 Å². The average molecular weight is 214 g/mol. The summed E-state index contributed by atoms with van der Waals surface area (Å²) in [6.45, 7) is 6.93. The normalized spacial score (nSPS) is 38.4. The van der Waals surface area contributed by atoms with E-state index in [1.807, 2.05) is 0 Å². The third-order valence-corrected chi connectivity index (χ3v) is 3.33. The summed E-state index contributed by atoms with van der Waals surface area (Å²) in [7, 11) is 2.15. The molecule has 0 aromatic heterocycles. The second-order valence-corrected chi connectivity index (χ2v) is 4.63. The number of morpholine rings is 1. The molecule has 0 radical (unpaired) electrons. The molecule has 2 fully saturated rings. The monoisotopic (exact) mass is 214 g/mol. The number of rotatable bonds is 3. The summed E-state index contributed by atoms with van der Waals surface area (Å²) in [4.78, 5) is 2.32. The van der Waals surface area contributed by atoms with E-state index < -0.39 is 0 Å². The first-order valence-electron chi connectivity index (χ1n) is 5.91. The molecule has 4 heteroatoms. The fourth-order valence-electron chi connectivity index (χ4n) is 2.27. The van der Waals surface area contributed by atoms with Gasteiger partial charge in [0.2, 0.25) is 0 Å². The van der Waals surface area contributed by atoms with Crippen LogP contribution >= 0.6 is 0 Å². The van der Waals surface area contributed by atoms with E-state index in [4.69, 9.17) is 9.47 Å². The van der Waals surface area contributed by atoms with Gasteiger partial charge in [0, 0.05) is 32.3 Å². The van der Waals surface area contributed by atoms with Crippen LogP contribution in [-0.4, -0.2) is 63.0 Å². The lowest BCUT2D eigenvalue weighted by Gasteiger charge is -2.31. The van der Waals surface area contributed by atoms with Crippen molar-refractivity contribution in [3.63, 3.8) is 0 Å². The highest BCUT2D eigenvalue weighted by Crippen LogP contribution is 2.13. The summed E-state index contributed by atoms with van der Waals surface area (Å²) in [5, 5.41) is 3.54. The van der Waals surface area contributed by atoms with Gasteiger partial charge in [0.05, 0.1) is 18.8 Å². The molecule has 2 aliphatic heterocycles. The van der Waals surface area contributed by atoms with Crippen LogP contribution in [0.4, 0.5) is 0 Å². The first kappa shape index (κ1) is 11.3. The van der Waals surface area contributed by atoms with Gasteiger partial charge in [-0.3, -0.25) is 0 Å². The van der Waals surface area contributed by atoms with E-state index in [-0.39, 0.29) is 0 Å². The minimum absolute atomic E-state index is 0.344. The van der Waals surface area contributed by atoms with Gasteiger partial charge in [0.1, 0.15) is 0 Å². The van der Waals surface area contributed by atoms with Crippen LogP contribution in [0.25, 0.3) is 0 Å². The largest absolute Gasteiger partial charge is 0.377 e. The van der Waals surface area contributed by atoms with Crippen molar-refractivity contribution in [2.45, 2.75) is 31.6 Å². The molecule has 1 N–H and O–H groups in total. The quantitative estimate of drug-likeness (QED) is 0.721. The van der Waals surface area contributed by atoms with Crippen molar-refractivity contribution in [1.29, 1.82) is 0 Å². The van der Waals surface area contributed by atoms with Crippen LogP contribution < -0.4 is 5.32 Å². The Bertz CT molecular complexity index is 201. The van der Waals surface area contributed by atoms with Gasteiger partial charge in [-0.15, -0.1) is 0 Å². The molecular weight excluding hydrogens is 192 g/mol. The Morgan fingerprint density at radius 3 is 2.87 bits per heavy atom. The molecule has 2 aliphatic rings. The third kappa shape index (κ3) is 3.14. The van der Waals surface area contributed by atoms with E-state index in [9.17, 15) is 0 Å². The first-order valence-corrected chi connectivity index (χ1v) is 5.91. The summed E-state index contributed by atoms with van der Waals surface area (Å²) >= 11 is 0. The number of likely N-dealkylation sites (N-methyl/N-ethyl adjacent to an activating group) is 1. The SMILES string of the molecule is C[C@H]1OCC[C@H]1NC[C@@H]1CN(C)CCO1. The molecule has 0 amide bonds. The van der Waals surface area contributed by atoms with Gasteiger partial charge in [0.25, 0.3) is 0 Å². The topological polar surface area (TPSA) is 33.7 Å². The zero-order chi connectivity index (χ0) is 10.7. The van der Waals surface area contributed by atoms with E-state index in [0.717, 1.165) is 39.3 Å². The Kier molecular flexibility index (Phi) is 3.97. The number of hydrogen-bond acceptors (Lipinski definition) is 4. The lowest BCUT2D eigenvalue weighted by molar-refractivity contribution is -0.0202. The lowest BCUT2D eigenvalue weighted by atomic mass is 10.1. The van der Waals surface area contributed by atoms with Crippen molar-refractivity contribution in [3.05, 3.63) is 0 Å². The van der Waals surface area contributed by atoms with E-state index >= 15 is 0 Å². The highest BCUT2D eigenvalue weighted by Gasteiger charge is 2.25. The predicted octanol–water partition coefficient (Wildman–Crippen LogP) is 0.0840. The van der Waals surface area contributed by atoms with Crippen LogP contribution in [0.2, 0.25) is 0 Å². The molecule has 88 valence electrons. The Hall–Kier alpha value is -0.160. The van der Waals surface area contributed by atoms with Gasteiger partial charge in [-0.2, -0.15) is 0 Å². The van der Waals surface area contributed by atoms with Gasteiger partial charge in [-0.1, -0.05) is 0 Å². The summed E-state index contributed by atoms with van der Waals surface area (Å²) in [5.41, 5.74) is 0. The number of ether oxygens (including phenoxy) is 2. The molecule has 4 nitrogen and oxygen atoms in total. The van der Waals surface area contributed by atoms with E-state index in [2.05, 4.69) is 24.2 Å². The molecule has 0 unspecified atom stereocenters. The zero-order valence-electron chi connectivity index (χ0n) is 9.74. The number of nitrogens with zero attached hydrogens (tertiary/aromatic N) is 1. The molecular formula is C11H22N2O2. The van der Waals surface area contributed by atoms with E-state index in [1.54, 1.807) is 0 Å². The minimum Gasteiger partial charge on any atom is -0.377 e. The average Bonchev–Trinajstić information content (AvgIpc) is 2.61. The molecule has 15 heavy (non-hydrogen) atoms. The van der Waals surface area contributed by atoms with Gasteiger partial charge < -0.3 is 19.7 Å². The van der Waals surface area contributed by atoms with Gasteiger partial charge in [-0.05, 0) is 20.4 Å². The highest BCUT2D eigenvalue weighted by molar-refractivity contribution is 4.81. The zero-order valence-corrected chi connectivity index (χ0v) is 9.74. The summed E-state index contributed by atoms with van der Waals surface area (Å²) in [5.74, 6) is 0. The van der Waals surface area contributed by atoms with Crippen LogP contribution in [0.3, 0.4) is 0 Å².